The fourth-order valence-electron chi connectivity index (χ4n) is 0. The summed E-state index contributed by atoms with van der Waals surface area (Å²) in [6.45, 7) is 0. The first-order valence-electron chi connectivity index (χ1n) is 0.677. The van der Waals surface area contributed by atoms with Crippen LogP contribution in [-0.4, -0.2) is 3.04 Å². The zero-order valence-corrected chi connectivity index (χ0v) is 9.81. The Hall–Kier alpha value is 3.31. The van der Waals surface area contributed by atoms with E-state index in [1.165, 1.54) is 0 Å². The smallest absolute Gasteiger partial charge is 0 e. The molecule has 0 unspecified atom stereocenters. The molecule has 0 aliphatic carbocycles. The van der Waals surface area contributed by atoms with E-state index in [2.05, 4.69) is 11.9 Å². The van der Waals surface area contributed by atoms with Gasteiger partial charge in [-0.15, -0.1) is 0 Å². The van der Waals surface area contributed by atoms with Gasteiger partial charge in [-0.3, -0.25) is 0 Å². The molecule has 0 aromatic rings. The van der Waals surface area contributed by atoms with Crippen molar-refractivity contribution in [1.29, 1.82) is 0 Å². The van der Waals surface area contributed by atoms with Crippen molar-refractivity contribution in [2.75, 3.05) is 0 Å². The van der Waals surface area contributed by atoms with Crippen molar-refractivity contribution < 1.29 is 83.8 Å². The average Bonchev–Trinajstić information content (AvgIpc) is 0.918. The summed E-state index contributed by atoms with van der Waals surface area (Å²) >= 11 is -0.167. The summed E-state index contributed by atoms with van der Waals surface area (Å²) in [4.78, 5) is 0. The van der Waals surface area contributed by atoms with Crippen molar-refractivity contribution in [2.45, 2.75) is 0 Å². The third-order valence-electron chi connectivity index (χ3n) is 0. The predicted octanol–water partition coefficient (Wildman–Crippen LogP) is -0.919. The van der Waals surface area contributed by atoms with Gasteiger partial charge in [-0.25, -0.2) is 0 Å². The van der Waals surface area contributed by atoms with Crippen molar-refractivity contribution in [3.63, 3.8) is 0 Å². The van der Waals surface area contributed by atoms with Gasteiger partial charge >= 0.3 is 46.0 Å². The number of rotatable bonds is 0. The maximum Gasteiger partial charge on any atom is 0 e. The van der Waals surface area contributed by atoms with E-state index < -0.39 is 0 Å². The molecule has 0 N–H and O–H groups in total. The van der Waals surface area contributed by atoms with Gasteiger partial charge in [0.25, 0.3) is 0 Å². The van der Waals surface area contributed by atoms with E-state index in [9.17, 15) is 0 Å². The van der Waals surface area contributed by atoms with Crippen LogP contribution in [0.4, 0.5) is 0 Å². The quantitative estimate of drug-likeness (QED) is 0.495. The second kappa shape index (κ2) is 9.58. The maximum absolute atomic E-state index is 3.68. The minimum absolute atomic E-state index is 0. The van der Waals surface area contributed by atoms with E-state index in [0.717, 1.165) is 0 Å². The standard InChI is InChI=1S/BH2.Ce.Fe.Nd/h1H2;;;/q+1;-1;;. The second-order valence-corrected chi connectivity index (χ2v) is 5.31. The third-order valence-corrected chi connectivity index (χ3v) is 0. The minimum atomic E-state index is -0.167. The number of hydrogen-bond acceptors (Lipinski definition) is 0. The Bertz CT molecular complexity index is 8.00. The van der Waals surface area contributed by atoms with Gasteiger partial charge in [0, 0.05) is 40.8 Å². The molecule has 0 nitrogen and oxygen atoms in total. The molecule has 0 saturated heterocycles. The molecular weight excluding hydrogens is 351 g/mol. The Balaban J connectivity index is 0. The van der Waals surface area contributed by atoms with Gasteiger partial charge < -0.3 is 0 Å². The first kappa shape index (κ1) is 10.3. The van der Waals surface area contributed by atoms with Crippen LogP contribution in [0.25, 0.3) is 0 Å². The minimum Gasteiger partial charge on any atom is 0 e. The molecule has 4 heavy (non-hydrogen) atoms. The Morgan fingerprint density at radius 1 is 1.75 bits per heavy atom. The van der Waals surface area contributed by atoms with Crippen LogP contribution in [0.5, 0.6) is 0 Å². The first-order chi connectivity index (χ1) is 1.41. The van der Waals surface area contributed by atoms with Crippen molar-refractivity contribution in [2.24, 2.45) is 0 Å². The largest absolute Gasteiger partial charge is 0 e. The van der Waals surface area contributed by atoms with E-state index in [1.807, 2.05) is 0 Å². The van der Waals surface area contributed by atoms with E-state index >= 15 is 0 Å². The normalized spacial score (nSPS) is 3.25. The Kier molecular flexibility index (Phi) is 24.7. The summed E-state index contributed by atoms with van der Waals surface area (Å²) < 4.78 is 2.21. The van der Waals surface area contributed by atoms with Crippen LogP contribution >= 0.6 is 0 Å². The van der Waals surface area contributed by atoms with Gasteiger partial charge in [0.2, 0.25) is 0 Å². The molecule has 0 aliphatic heterocycles. The molecule has 0 spiro atoms. The van der Waals surface area contributed by atoms with Gasteiger partial charge in [0.1, 0.15) is 0 Å². The summed E-state index contributed by atoms with van der Waals surface area (Å²) in [5, 5.41) is 0. The average molecular weight is 353 g/mol. The van der Waals surface area contributed by atoms with Crippen LogP contribution in [0.1, 0.15) is 0 Å². The maximum atomic E-state index is 3.68. The van der Waals surface area contributed by atoms with Crippen LogP contribution < -0.4 is 0 Å². The molecule has 0 bridgehead atoms. The van der Waals surface area contributed by atoms with Crippen molar-refractivity contribution in [3.05, 3.63) is 0 Å². The summed E-state index contributed by atoms with van der Waals surface area (Å²) in [6, 6.07) is 0. The molecule has 0 aromatic carbocycles. The van der Waals surface area contributed by atoms with Crippen LogP contribution in [0.15, 0.2) is 0 Å². The predicted molar refractivity (Wildman–Crippen MR) is 8.54 cm³/mol. The van der Waals surface area contributed by atoms with Gasteiger partial charge in [0.05, 0.1) is 0 Å². The molecule has 0 atom stereocenters. The fraction of sp³-hybridized carbons (Fsp3) is 0. The van der Waals surface area contributed by atoms with Crippen LogP contribution in [0.2, 0.25) is 0 Å². The molecular formula is H2BCeFeNd. The SMILES string of the molecule is [BH2][Ce][Fe].[Nd]. The van der Waals surface area contributed by atoms with Crippen LogP contribution in [0, 0.1) is 74.9 Å². The Morgan fingerprint density at radius 3 is 1.75 bits per heavy atom. The summed E-state index contributed by atoms with van der Waals surface area (Å²) in [5.41, 5.74) is 0. The monoisotopic (exact) mass is 351 g/mol. The number of hydrogen-bond donors (Lipinski definition) is 0. The fourth-order valence-corrected chi connectivity index (χ4v) is 0. The van der Waals surface area contributed by atoms with Gasteiger partial charge in [0.15, 0.2) is 0 Å². The van der Waals surface area contributed by atoms with E-state index in [4.69, 9.17) is 0 Å². The second-order valence-electron chi connectivity index (χ2n) is 0.177. The Labute approximate surface area is 84.0 Å². The third kappa shape index (κ3) is 9.00. The van der Waals surface area contributed by atoms with Gasteiger partial charge in [-0.2, -0.15) is 0 Å². The van der Waals surface area contributed by atoms with Crippen molar-refractivity contribution >= 4 is 3.04 Å². The van der Waals surface area contributed by atoms with E-state index in [1.54, 1.807) is 0 Å². The molecule has 0 rings (SSSR count). The summed E-state index contributed by atoms with van der Waals surface area (Å²) in [5.74, 6) is 0. The molecule has 0 aliphatic rings. The van der Waals surface area contributed by atoms with Crippen LogP contribution in [0.3, 0.4) is 0 Å². The zero-order chi connectivity index (χ0) is 2.71. The molecule has 0 amide bonds. The molecule has 0 fully saturated rings. The zero-order valence-electron chi connectivity index (χ0n) is 2.35. The first-order valence-corrected chi connectivity index (χ1v) is 8.95. The molecule has 21 valence electrons. The van der Waals surface area contributed by atoms with Crippen molar-refractivity contribution in [3.8, 4) is 0 Å². The molecule has 4 heteroatoms. The van der Waals surface area contributed by atoms with E-state index in [-0.39, 0.29) is 74.9 Å². The molecule has 0 saturated carbocycles. The summed E-state index contributed by atoms with van der Waals surface area (Å²) in [7, 11) is 3.68. The Morgan fingerprint density at radius 2 is 1.75 bits per heavy atom. The summed E-state index contributed by atoms with van der Waals surface area (Å²) in [6.07, 6.45) is 0. The van der Waals surface area contributed by atoms with E-state index in [0.29, 0.717) is 0 Å². The molecule has 0 heterocycles. The van der Waals surface area contributed by atoms with Crippen LogP contribution in [-0.2, 0) is 8.86 Å². The molecule has 0 radical (unpaired) electrons. The van der Waals surface area contributed by atoms with Gasteiger partial charge in [-0.05, 0) is 0 Å². The van der Waals surface area contributed by atoms with Crippen molar-refractivity contribution in [1.82, 2.24) is 0 Å². The topological polar surface area (TPSA) is 0 Å². The van der Waals surface area contributed by atoms with Gasteiger partial charge in [-0.1, -0.05) is 0 Å². The molecule has 0 aromatic heterocycles.